The molecule has 0 unspecified atom stereocenters. The molecule has 41 heavy (non-hydrogen) atoms. The second-order valence-corrected chi connectivity index (χ2v) is 9.37. The second-order valence-electron chi connectivity index (χ2n) is 8.96. The molecule has 0 spiro atoms. The van der Waals surface area contributed by atoms with Crippen molar-refractivity contribution in [2.75, 3.05) is 11.9 Å². The number of aryl methyl sites for hydroxylation is 1. The number of hydrogen-bond acceptors (Lipinski definition) is 5. The summed E-state index contributed by atoms with van der Waals surface area (Å²) in [6.45, 7) is 3.60. The first-order chi connectivity index (χ1) is 19.4. The van der Waals surface area contributed by atoms with Gasteiger partial charge in [0.1, 0.15) is 11.4 Å². The average molecular weight is 588 g/mol. The van der Waals surface area contributed by atoms with Crippen molar-refractivity contribution in [2.45, 2.75) is 26.4 Å². The SMILES string of the molecule is CCOC(=O)C=Cc1cccc(-c2c(CC(=O)Nc3ccc(F)cc3C(F)(F)F)c(=O)oc3cc(Cl)c(C)cc23)c1. The third-order valence-electron chi connectivity index (χ3n) is 6.05. The number of rotatable bonds is 7. The van der Waals surface area contributed by atoms with Crippen LogP contribution in [-0.2, 0) is 26.9 Å². The molecule has 1 N–H and O–H groups in total. The fraction of sp³-hybridized carbons (Fsp3) is 0.167. The monoisotopic (exact) mass is 587 g/mol. The van der Waals surface area contributed by atoms with Crippen LogP contribution in [0.2, 0.25) is 5.02 Å². The minimum Gasteiger partial charge on any atom is -0.463 e. The third-order valence-corrected chi connectivity index (χ3v) is 6.46. The molecule has 6 nitrogen and oxygen atoms in total. The fourth-order valence-electron chi connectivity index (χ4n) is 4.23. The molecule has 1 heterocycles. The Morgan fingerprint density at radius 2 is 1.85 bits per heavy atom. The standard InChI is InChI=1S/C30H22ClF4NO5/c1-3-40-27(38)10-7-17-5-4-6-18(12-17)28-20-11-16(2)23(31)15-25(20)41-29(39)21(28)14-26(37)36-24-9-8-19(32)13-22(24)30(33,34)35/h4-13,15H,3,14H2,1-2H3,(H,36,37). The molecular weight excluding hydrogens is 566 g/mol. The number of fused-ring (bicyclic) bond motifs is 1. The van der Waals surface area contributed by atoms with Crippen LogP contribution in [-0.4, -0.2) is 18.5 Å². The van der Waals surface area contributed by atoms with Gasteiger partial charge in [-0.3, -0.25) is 4.79 Å². The highest BCUT2D eigenvalue weighted by atomic mass is 35.5. The number of carbonyl (C=O) groups excluding carboxylic acids is 2. The largest absolute Gasteiger partial charge is 0.463 e. The molecule has 0 aliphatic rings. The number of nitrogens with one attached hydrogen (secondary N) is 1. The number of esters is 1. The zero-order chi connectivity index (χ0) is 29.9. The molecule has 212 valence electrons. The van der Waals surface area contributed by atoms with Gasteiger partial charge in [-0.2, -0.15) is 13.2 Å². The van der Waals surface area contributed by atoms with Crippen molar-refractivity contribution in [3.8, 4) is 11.1 Å². The summed E-state index contributed by atoms with van der Waals surface area (Å²) < 4.78 is 64.3. The Morgan fingerprint density at radius 3 is 2.56 bits per heavy atom. The summed E-state index contributed by atoms with van der Waals surface area (Å²) in [6.07, 6.45) is -2.85. The summed E-state index contributed by atoms with van der Waals surface area (Å²) in [5, 5.41) is 2.90. The van der Waals surface area contributed by atoms with Gasteiger partial charge in [-0.1, -0.05) is 29.8 Å². The molecule has 4 rings (SSSR count). The van der Waals surface area contributed by atoms with Crippen LogP contribution in [0.3, 0.4) is 0 Å². The molecule has 0 aliphatic heterocycles. The number of carbonyl (C=O) groups is 2. The fourth-order valence-corrected chi connectivity index (χ4v) is 4.38. The number of amides is 1. The summed E-state index contributed by atoms with van der Waals surface area (Å²) in [5.41, 5.74) is -0.946. The van der Waals surface area contributed by atoms with Crippen LogP contribution < -0.4 is 10.9 Å². The number of anilines is 1. The Hall–Kier alpha value is -4.44. The minimum atomic E-state index is -4.94. The molecule has 0 saturated carbocycles. The van der Waals surface area contributed by atoms with Crippen LogP contribution >= 0.6 is 11.6 Å². The lowest BCUT2D eigenvalue weighted by atomic mass is 9.93. The van der Waals surface area contributed by atoms with E-state index in [1.54, 1.807) is 44.2 Å². The molecule has 0 atom stereocenters. The lowest BCUT2D eigenvalue weighted by Crippen LogP contribution is -2.22. The van der Waals surface area contributed by atoms with Gasteiger partial charge < -0.3 is 14.5 Å². The predicted octanol–water partition coefficient (Wildman–Crippen LogP) is 7.34. The predicted molar refractivity (Wildman–Crippen MR) is 147 cm³/mol. The first kappa shape index (κ1) is 29.5. The van der Waals surface area contributed by atoms with Crippen LogP contribution in [0.25, 0.3) is 28.2 Å². The van der Waals surface area contributed by atoms with Crippen molar-refractivity contribution in [3.63, 3.8) is 0 Å². The van der Waals surface area contributed by atoms with E-state index in [-0.39, 0.29) is 23.8 Å². The molecular formula is C30H22ClF4NO5. The van der Waals surface area contributed by atoms with E-state index >= 15 is 0 Å². The molecule has 1 amide bonds. The van der Waals surface area contributed by atoms with Gasteiger partial charge in [-0.25, -0.2) is 14.0 Å². The normalized spacial score (nSPS) is 11.7. The lowest BCUT2D eigenvalue weighted by Gasteiger charge is -2.16. The highest BCUT2D eigenvalue weighted by Crippen LogP contribution is 2.37. The van der Waals surface area contributed by atoms with Gasteiger partial charge in [0.05, 0.1) is 29.8 Å². The van der Waals surface area contributed by atoms with Gasteiger partial charge in [0.15, 0.2) is 0 Å². The van der Waals surface area contributed by atoms with Crippen molar-refractivity contribution in [1.82, 2.24) is 0 Å². The molecule has 0 fully saturated rings. The van der Waals surface area contributed by atoms with Crippen LogP contribution in [0.1, 0.15) is 29.2 Å². The highest BCUT2D eigenvalue weighted by Gasteiger charge is 2.34. The minimum absolute atomic E-state index is 0.126. The van der Waals surface area contributed by atoms with Crippen LogP contribution in [0, 0.1) is 12.7 Å². The number of alkyl halides is 3. The third kappa shape index (κ3) is 6.83. The van der Waals surface area contributed by atoms with E-state index in [0.717, 1.165) is 12.1 Å². The van der Waals surface area contributed by atoms with Crippen molar-refractivity contribution in [3.05, 3.63) is 104 Å². The van der Waals surface area contributed by atoms with E-state index in [0.29, 0.717) is 32.7 Å². The Balaban J connectivity index is 1.82. The molecule has 0 radical (unpaired) electrons. The van der Waals surface area contributed by atoms with E-state index < -0.39 is 47.2 Å². The topological polar surface area (TPSA) is 85.6 Å². The molecule has 11 heteroatoms. The lowest BCUT2D eigenvalue weighted by molar-refractivity contribution is -0.138. The zero-order valence-corrected chi connectivity index (χ0v) is 22.5. The van der Waals surface area contributed by atoms with E-state index in [1.807, 2.05) is 0 Å². The van der Waals surface area contributed by atoms with Crippen LogP contribution in [0.4, 0.5) is 23.2 Å². The summed E-state index contributed by atoms with van der Waals surface area (Å²) in [5.74, 6) is -2.64. The number of halogens is 5. The Kier molecular flexibility index (Phi) is 8.63. The van der Waals surface area contributed by atoms with E-state index in [9.17, 15) is 31.9 Å². The summed E-state index contributed by atoms with van der Waals surface area (Å²) in [7, 11) is 0. The first-order valence-electron chi connectivity index (χ1n) is 12.2. The van der Waals surface area contributed by atoms with Crippen LogP contribution in [0.15, 0.2) is 69.9 Å². The van der Waals surface area contributed by atoms with Gasteiger partial charge in [0.25, 0.3) is 0 Å². The molecule has 0 aliphatic carbocycles. The maximum Gasteiger partial charge on any atom is 0.418 e. The molecule has 3 aromatic carbocycles. The van der Waals surface area contributed by atoms with Gasteiger partial charge >= 0.3 is 17.8 Å². The summed E-state index contributed by atoms with van der Waals surface area (Å²) in [4.78, 5) is 37.9. The smallest absolute Gasteiger partial charge is 0.418 e. The van der Waals surface area contributed by atoms with Gasteiger partial charge in [-0.05, 0) is 66.9 Å². The molecule has 0 bridgehead atoms. The number of ether oxygens (including phenoxy) is 1. The maximum atomic E-state index is 13.5. The Bertz CT molecular complexity index is 1740. The number of benzene rings is 3. The average Bonchev–Trinajstić information content (AvgIpc) is 2.90. The Morgan fingerprint density at radius 1 is 1.10 bits per heavy atom. The maximum absolute atomic E-state index is 13.5. The van der Waals surface area contributed by atoms with Crippen molar-refractivity contribution in [1.29, 1.82) is 0 Å². The molecule has 4 aromatic rings. The van der Waals surface area contributed by atoms with Gasteiger partial charge in [0, 0.05) is 28.1 Å². The number of hydrogen-bond donors (Lipinski definition) is 1. The highest BCUT2D eigenvalue weighted by molar-refractivity contribution is 6.32. The van der Waals surface area contributed by atoms with E-state index in [4.69, 9.17) is 20.8 Å². The van der Waals surface area contributed by atoms with E-state index in [1.165, 1.54) is 18.2 Å². The van der Waals surface area contributed by atoms with Crippen molar-refractivity contribution >= 4 is 46.2 Å². The van der Waals surface area contributed by atoms with Gasteiger partial charge in [-0.15, -0.1) is 0 Å². The Labute approximate surface area is 236 Å². The first-order valence-corrected chi connectivity index (χ1v) is 12.6. The molecule has 1 aromatic heterocycles. The van der Waals surface area contributed by atoms with E-state index in [2.05, 4.69) is 5.32 Å². The second kappa shape index (κ2) is 12.0. The van der Waals surface area contributed by atoms with Gasteiger partial charge in [0.2, 0.25) is 5.91 Å². The summed E-state index contributed by atoms with van der Waals surface area (Å²) in [6, 6.07) is 11.7. The zero-order valence-electron chi connectivity index (χ0n) is 21.7. The van der Waals surface area contributed by atoms with Crippen LogP contribution in [0.5, 0.6) is 0 Å². The summed E-state index contributed by atoms with van der Waals surface area (Å²) >= 11 is 6.24. The molecule has 0 saturated heterocycles. The van der Waals surface area contributed by atoms with Crippen molar-refractivity contribution < 1.29 is 36.3 Å². The quantitative estimate of drug-likeness (QED) is 0.106. The van der Waals surface area contributed by atoms with Crippen molar-refractivity contribution in [2.24, 2.45) is 0 Å².